The van der Waals surface area contributed by atoms with Gasteiger partial charge in [-0.1, -0.05) is 12.1 Å². The monoisotopic (exact) mass is 535 g/mol. The number of aromatic nitrogens is 1. The molecule has 0 spiro atoms. The quantitative estimate of drug-likeness (QED) is 0.471. The Morgan fingerprint density at radius 1 is 1.00 bits per heavy atom. The highest BCUT2D eigenvalue weighted by molar-refractivity contribution is 5.95. The van der Waals surface area contributed by atoms with Crippen LogP contribution in [0.2, 0.25) is 0 Å². The first kappa shape index (κ1) is 26.6. The summed E-state index contributed by atoms with van der Waals surface area (Å²) in [5, 5.41) is 0. The lowest BCUT2D eigenvalue weighted by molar-refractivity contribution is -0.134. The van der Waals surface area contributed by atoms with Gasteiger partial charge in [0.1, 0.15) is 18.9 Å². The zero-order chi connectivity index (χ0) is 27.5. The Hall–Kier alpha value is -4.05. The Morgan fingerprint density at radius 3 is 2.44 bits per heavy atom. The van der Waals surface area contributed by atoms with Crippen molar-refractivity contribution in [2.24, 2.45) is 0 Å². The number of amides is 2. The van der Waals surface area contributed by atoms with Crippen LogP contribution in [-0.2, 0) is 16.0 Å². The molecule has 0 saturated carbocycles. The van der Waals surface area contributed by atoms with Crippen LogP contribution in [0.5, 0.6) is 17.2 Å². The molecule has 0 fully saturated rings. The van der Waals surface area contributed by atoms with E-state index in [1.165, 1.54) is 4.90 Å². The number of aryl methyl sites for hydroxylation is 2. The van der Waals surface area contributed by atoms with E-state index >= 15 is 0 Å². The van der Waals surface area contributed by atoms with Crippen molar-refractivity contribution >= 4 is 11.8 Å². The van der Waals surface area contributed by atoms with Crippen molar-refractivity contribution in [3.63, 3.8) is 0 Å². The number of carbonyl (C=O) groups excluding carboxylic acids is 2. The third-order valence-electron chi connectivity index (χ3n) is 7.10. The molecule has 0 radical (unpaired) electrons. The second-order valence-corrected chi connectivity index (χ2v) is 9.55. The molecular formula is C29H33N3O7. The lowest BCUT2D eigenvalue weighted by atomic mass is 9.87. The first-order chi connectivity index (χ1) is 18.9. The molecule has 0 N–H and O–H groups in total. The smallest absolute Gasteiger partial charge is 0.292 e. The molecule has 3 aliphatic heterocycles. The molecule has 206 valence electrons. The lowest BCUT2D eigenvalue weighted by Crippen LogP contribution is -2.47. The second kappa shape index (κ2) is 11.4. The van der Waals surface area contributed by atoms with Gasteiger partial charge in [-0.05, 0) is 54.3 Å². The molecule has 39 heavy (non-hydrogen) atoms. The van der Waals surface area contributed by atoms with Crippen molar-refractivity contribution in [2.75, 3.05) is 53.7 Å². The van der Waals surface area contributed by atoms with Crippen molar-refractivity contribution in [3.8, 4) is 17.2 Å². The van der Waals surface area contributed by atoms with Gasteiger partial charge >= 0.3 is 0 Å². The van der Waals surface area contributed by atoms with Gasteiger partial charge in [0.15, 0.2) is 17.4 Å². The highest BCUT2D eigenvalue weighted by atomic mass is 16.5. The minimum Gasteiger partial charge on any atom is -0.493 e. The fraction of sp³-hybridized carbons (Fsp3) is 0.414. The molecule has 10 nitrogen and oxygen atoms in total. The molecule has 2 bridgehead atoms. The average molecular weight is 536 g/mol. The summed E-state index contributed by atoms with van der Waals surface area (Å²) in [4.78, 5) is 35.0. The van der Waals surface area contributed by atoms with Crippen molar-refractivity contribution < 1.29 is 33.0 Å². The summed E-state index contributed by atoms with van der Waals surface area (Å²) in [7, 11) is 3.20. The molecule has 3 aliphatic rings. The molecule has 1 unspecified atom stereocenters. The number of carbonyl (C=O) groups is 2. The van der Waals surface area contributed by atoms with Crippen molar-refractivity contribution in [1.29, 1.82) is 0 Å². The zero-order valence-corrected chi connectivity index (χ0v) is 22.7. The number of methoxy groups -OCH3 is 2. The Balaban J connectivity index is 1.54. The molecule has 1 aromatic heterocycles. The molecule has 2 amide bonds. The molecule has 10 heteroatoms. The van der Waals surface area contributed by atoms with E-state index in [2.05, 4.69) is 4.98 Å². The lowest BCUT2D eigenvalue weighted by Gasteiger charge is -2.39. The maximum absolute atomic E-state index is 14.0. The number of benzene rings is 2. The molecule has 3 aromatic rings. The number of hydrogen-bond acceptors (Lipinski definition) is 8. The second-order valence-electron chi connectivity index (χ2n) is 9.55. The standard InChI is InChI=1S/C29H33N3O7/c1-18-28(39-19(2)30-18)29(34)31-11-12-37-13-14-38-22-7-5-20(6-8-22)27-23-16-25(36-4)24(35-3)15-21(23)9-10-32(27)26(33)17-31/h5-8,15-16,27H,9-14,17H2,1-4H3. The van der Waals surface area contributed by atoms with E-state index in [1.807, 2.05) is 41.3 Å². The zero-order valence-electron chi connectivity index (χ0n) is 22.7. The summed E-state index contributed by atoms with van der Waals surface area (Å²) in [5.74, 6) is 1.90. The number of nitrogens with zero attached hydrogens (tertiary/aromatic N) is 3. The van der Waals surface area contributed by atoms with Gasteiger partial charge in [-0.25, -0.2) is 4.98 Å². The van der Waals surface area contributed by atoms with E-state index in [0.717, 1.165) is 16.7 Å². The van der Waals surface area contributed by atoms with E-state index < -0.39 is 5.91 Å². The van der Waals surface area contributed by atoms with E-state index in [4.69, 9.17) is 23.4 Å². The van der Waals surface area contributed by atoms with Crippen LogP contribution in [0.15, 0.2) is 40.8 Å². The minimum atomic E-state index is -0.394. The number of oxazole rings is 1. The van der Waals surface area contributed by atoms with Gasteiger partial charge in [-0.3, -0.25) is 9.59 Å². The van der Waals surface area contributed by atoms with E-state index in [1.54, 1.807) is 28.1 Å². The minimum absolute atomic E-state index is 0.130. The average Bonchev–Trinajstić information content (AvgIpc) is 3.29. The fourth-order valence-corrected chi connectivity index (χ4v) is 5.20. The molecule has 1 atom stereocenters. The Kier molecular flexibility index (Phi) is 7.74. The highest BCUT2D eigenvalue weighted by Gasteiger charge is 2.35. The van der Waals surface area contributed by atoms with E-state index in [0.29, 0.717) is 55.0 Å². The van der Waals surface area contributed by atoms with Gasteiger partial charge in [-0.2, -0.15) is 0 Å². The summed E-state index contributed by atoms with van der Waals surface area (Å²) in [6.07, 6.45) is 0.636. The van der Waals surface area contributed by atoms with Crippen LogP contribution in [0, 0.1) is 13.8 Å². The molecule has 0 saturated heterocycles. The predicted molar refractivity (Wildman–Crippen MR) is 141 cm³/mol. The summed E-state index contributed by atoms with van der Waals surface area (Å²) >= 11 is 0. The topological polar surface area (TPSA) is 104 Å². The van der Waals surface area contributed by atoms with Crippen LogP contribution < -0.4 is 14.2 Å². The Labute approximate surface area is 227 Å². The van der Waals surface area contributed by atoms with Crippen LogP contribution in [0.1, 0.15) is 44.9 Å². The van der Waals surface area contributed by atoms with Crippen molar-refractivity contribution in [1.82, 2.24) is 14.8 Å². The van der Waals surface area contributed by atoms with Crippen molar-refractivity contribution in [2.45, 2.75) is 26.3 Å². The van der Waals surface area contributed by atoms with Crippen LogP contribution in [-0.4, -0.2) is 80.3 Å². The van der Waals surface area contributed by atoms with Gasteiger partial charge < -0.3 is 33.2 Å². The summed E-state index contributed by atoms with van der Waals surface area (Å²) in [6.45, 7) is 4.93. The van der Waals surface area contributed by atoms with Gasteiger partial charge in [0.05, 0.1) is 39.2 Å². The summed E-state index contributed by atoms with van der Waals surface area (Å²) in [6, 6.07) is 11.3. The van der Waals surface area contributed by atoms with E-state index in [-0.39, 0.29) is 37.4 Å². The molecular weight excluding hydrogens is 502 g/mol. The number of rotatable bonds is 3. The first-order valence-corrected chi connectivity index (χ1v) is 13.0. The normalized spacial score (nSPS) is 17.9. The van der Waals surface area contributed by atoms with Crippen LogP contribution in [0.25, 0.3) is 0 Å². The SMILES string of the molecule is COc1cc2c(cc1OC)C1c3ccc(cc3)OCCOCCN(C(=O)c3oc(C)nc3C)CC(=O)N1CC2. The number of ether oxygens (including phenoxy) is 4. The van der Waals surface area contributed by atoms with Crippen molar-refractivity contribution in [3.05, 3.63) is 70.4 Å². The van der Waals surface area contributed by atoms with Gasteiger partial charge in [-0.15, -0.1) is 0 Å². The number of hydrogen-bond donors (Lipinski definition) is 0. The Morgan fingerprint density at radius 2 is 1.74 bits per heavy atom. The molecule has 0 aliphatic carbocycles. The van der Waals surface area contributed by atoms with E-state index in [9.17, 15) is 9.59 Å². The molecule has 2 aromatic carbocycles. The van der Waals surface area contributed by atoms with Crippen LogP contribution in [0.3, 0.4) is 0 Å². The summed E-state index contributed by atoms with van der Waals surface area (Å²) in [5.41, 5.74) is 3.44. The van der Waals surface area contributed by atoms with Crippen LogP contribution >= 0.6 is 0 Å². The Bertz CT molecular complexity index is 1350. The maximum Gasteiger partial charge on any atom is 0.292 e. The molecule has 4 heterocycles. The number of fused-ring (bicyclic) bond motifs is 11. The van der Waals surface area contributed by atoms with Gasteiger partial charge in [0.2, 0.25) is 11.7 Å². The fourth-order valence-electron chi connectivity index (χ4n) is 5.20. The van der Waals surface area contributed by atoms with Gasteiger partial charge in [0, 0.05) is 20.0 Å². The highest BCUT2D eigenvalue weighted by Crippen LogP contribution is 2.41. The van der Waals surface area contributed by atoms with Gasteiger partial charge in [0.25, 0.3) is 5.91 Å². The summed E-state index contributed by atoms with van der Waals surface area (Å²) < 4.78 is 28.3. The first-order valence-electron chi connectivity index (χ1n) is 13.0. The largest absolute Gasteiger partial charge is 0.493 e. The maximum atomic E-state index is 14.0. The third-order valence-corrected chi connectivity index (χ3v) is 7.10. The van der Waals surface area contributed by atoms with Crippen LogP contribution in [0.4, 0.5) is 0 Å². The predicted octanol–water partition coefficient (Wildman–Crippen LogP) is 3.33. The molecule has 6 rings (SSSR count). The third kappa shape index (κ3) is 5.42.